The average Bonchev–Trinajstić information content (AvgIpc) is 3.55. The van der Waals surface area contributed by atoms with Crippen molar-refractivity contribution >= 4 is 54.3 Å². The predicted molar refractivity (Wildman–Crippen MR) is 208 cm³/mol. The molecule has 0 fully saturated rings. The van der Waals surface area contributed by atoms with Crippen molar-refractivity contribution in [1.29, 1.82) is 0 Å². The number of para-hydroxylation sites is 1. The van der Waals surface area contributed by atoms with Crippen LogP contribution in [0.25, 0.3) is 98.8 Å². The van der Waals surface area contributed by atoms with Crippen LogP contribution >= 0.6 is 0 Å². The number of furan rings is 1. The Morgan fingerprint density at radius 3 is 1.49 bits per heavy atom. The minimum Gasteiger partial charge on any atom is -0.456 e. The van der Waals surface area contributed by atoms with Gasteiger partial charge in [-0.1, -0.05) is 152 Å². The van der Waals surface area contributed by atoms with Gasteiger partial charge in [-0.3, -0.25) is 0 Å². The van der Waals surface area contributed by atoms with Crippen LogP contribution in [0.4, 0.5) is 0 Å². The highest BCUT2D eigenvalue weighted by Crippen LogP contribution is 2.46. The van der Waals surface area contributed by atoms with Crippen molar-refractivity contribution < 1.29 is 4.42 Å². The van der Waals surface area contributed by atoms with Crippen LogP contribution in [0, 0.1) is 0 Å². The molecule has 228 valence electrons. The normalized spacial score (nSPS) is 11.7. The summed E-state index contributed by atoms with van der Waals surface area (Å²) in [6.45, 7) is 0. The van der Waals surface area contributed by atoms with Crippen LogP contribution in [0.3, 0.4) is 0 Å². The zero-order valence-electron chi connectivity index (χ0n) is 26.7. The van der Waals surface area contributed by atoms with E-state index in [9.17, 15) is 0 Å². The summed E-state index contributed by atoms with van der Waals surface area (Å²) in [6, 6.07) is 66.0. The van der Waals surface area contributed by atoms with Crippen molar-refractivity contribution in [1.82, 2.24) is 0 Å². The number of rotatable bonds is 4. The van der Waals surface area contributed by atoms with Crippen LogP contribution in [0.5, 0.6) is 0 Å². The van der Waals surface area contributed by atoms with Crippen molar-refractivity contribution in [2.75, 3.05) is 0 Å². The lowest BCUT2D eigenvalue weighted by Crippen LogP contribution is -1.93. The number of fused-ring (bicyclic) bond motifs is 6. The molecule has 0 atom stereocenters. The lowest BCUT2D eigenvalue weighted by molar-refractivity contribution is 0.669. The number of hydrogen-bond donors (Lipinski definition) is 0. The van der Waals surface area contributed by atoms with Crippen molar-refractivity contribution in [3.63, 3.8) is 0 Å². The molecule has 0 N–H and O–H groups in total. The molecule has 0 bridgehead atoms. The maximum Gasteiger partial charge on any atom is 0.135 e. The topological polar surface area (TPSA) is 13.1 Å². The standard InChI is InChI=1S/C48H30O/c1-3-13-32(14-4-1)47-41-26-23-36(38-20-11-17-31-12-7-8-18-37(31)38)30-44(41)48(33-15-5-2-6-16-33)40-25-22-34(29-43(40)47)35-24-27-46-42(28-35)39-19-9-10-21-45(39)49-46/h1-30H. The molecule has 1 heterocycles. The summed E-state index contributed by atoms with van der Waals surface area (Å²) in [5.41, 5.74) is 11.6. The first-order valence-corrected chi connectivity index (χ1v) is 16.8. The predicted octanol–water partition coefficient (Wildman–Crippen LogP) is 13.7. The molecule has 0 spiro atoms. The molecule has 10 aromatic rings. The highest BCUT2D eigenvalue weighted by molar-refractivity contribution is 6.23. The second-order valence-corrected chi connectivity index (χ2v) is 12.8. The van der Waals surface area contributed by atoms with E-state index in [0.717, 1.165) is 21.9 Å². The first kappa shape index (κ1) is 27.7. The van der Waals surface area contributed by atoms with E-state index in [1.807, 2.05) is 12.1 Å². The fourth-order valence-corrected chi connectivity index (χ4v) is 7.79. The molecule has 0 amide bonds. The Balaban J connectivity index is 1.29. The molecule has 10 rings (SSSR count). The van der Waals surface area contributed by atoms with E-state index in [0.29, 0.717) is 0 Å². The molecule has 1 aromatic heterocycles. The van der Waals surface area contributed by atoms with Gasteiger partial charge in [-0.05, 0) is 107 Å². The molecule has 0 aliphatic carbocycles. The highest BCUT2D eigenvalue weighted by atomic mass is 16.3. The van der Waals surface area contributed by atoms with E-state index in [4.69, 9.17) is 4.42 Å². The maximum absolute atomic E-state index is 6.17. The largest absolute Gasteiger partial charge is 0.456 e. The lowest BCUT2D eigenvalue weighted by Gasteiger charge is -2.20. The van der Waals surface area contributed by atoms with Crippen LogP contribution in [-0.2, 0) is 0 Å². The van der Waals surface area contributed by atoms with Crippen molar-refractivity contribution in [3.05, 3.63) is 182 Å². The quantitative estimate of drug-likeness (QED) is 0.178. The van der Waals surface area contributed by atoms with Crippen molar-refractivity contribution in [3.8, 4) is 44.5 Å². The Labute approximate surface area is 284 Å². The van der Waals surface area contributed by atoms with Gasteiger partial charge in [-0.15, -0.1) is 0 Å². The zero-order chi connectivity index (χ0) is 32.3. The van der Waals surface area contributed by atoms with Gasteiger partial charge in [-0.2, -0.15) is 0 Å². The van der Waals surface area contributed by atoms with Crippen LogP contribution in [0.15, 0.2) is 186 Å². The third-order valence-corrected chi connectivity index (χ3v) is 10.1. The van der Waals surface area contributed by atoms with E-state index in [1.54, 1.807) is 0 Å². The first-order chi connectivity index (χ1) is 24.3. The molecule has 0 aliphatic rings. The highest BCUT2D eigenvalue weighted by Gasteiger charge is 2.19. The van der Waals surface area contributed by atoms with E-state index in [-0.39, 0.29) is 0 Å². The third kappa shape index (κ3) is 4.47. The smallest absolute Gasteiger partial charge is 0.135 e. The minimum absolute atomic E-state index is 0.912. The van der Waals surface area contributed by atoms with E-state index in [2.05, 4.69) is 170 Å². The number of hydrogen-bond acceptors (Lipinski definition) is 1. The van der Waals surface area contributed by atoms with Gasteiger partial charge in [-0.25, -0.2) is 0 Å². The summed E-state index contributed by atoms with van der Waals surface area (Å²) in [5, 5.41) is 9.78. The van der Waals surface area contributed by atoms with Gasteiger partial charge in [0, 0.05) is 10.8 Å². The SMILES string of the molecule is c1ccc(-c2c3ccc(-c4cccc5ccccc45)cc3c(-c3ccccc3)c3ccc(-c4ccc5oc6ccccc6c5c4)cc23)cc1. The first-order valence-electron chi connectivity index (χ1n) is 16.8. The molecule has 9 aromatic carbocycles. The van der Waals surface area contributed by atoms with Crippen LogP contribution in [0.2, 0.25) is 0 Å². The van der Waals surface area contributed by atoms with E-state index < -0.39 is 0 Å². The molecule has 0 unspecified atom stereocenters. The number of benzene rings is 9. The Morgan fingerprint density at radius 1 is 0.265 bits per heavy atom. The summed E-state index contributed by atoms with van der Waals surface area (Å²) >= 11 is 0. The van der Waals surface area contributed by atoms with Crippen molar-refractivity contribution in [2.24, 2.45) is 0 Å². The van der Waals surface area contributed by atoms with Gasteiger partial charge in [0.2, 0.25) is 0 Å². The van der Waals surface area contributed by atoms with Gasteiger partial charge in [0.05, 0.1) is 0 Å². The van der Waals surface area contributed by atoms with Gasteiger partial charge in [0.25, 0.3) is 0 Å². The molecule has 0 saturated heterocycles. The van der Waals surface area contributed by atoms with Gasteiger partial charge in [0.15, 0.2) is 0 Å². The average molecular weight is 623 g/mol. The second kappa shape index (κ2) is 11.1. The lowest BCUT2D eigenvalue weighted by atomic mass is 9.83. The van der Waals surface area contributed by atoms with Gasteiger partial charge >= 0.3 is 0 Å². The summed E-state index contributed by atoms with van der Waals surface area (Å²) < 4.78 is 6.17. The minimum atomic E-state index is 0.912. The van der Waals surface area contributed by atoms with Gasteiger partial charge < -0.3 is 4.42 Å². The fourth-order valence-electron chi connectivity index (χ4n) is 7.79. The zero-order valence-corrected chi connectivity index (χ0v) is 26.7. The van der Waals surface area contributed by atoms with E-state index in [1.165, 1.54) is 76.8 Å². The Hall–Kier alpha value is -6.44. The van der Waals surface area contributed by atoms with Crippen LogP contribution in [-0.4, -0.2) is 0 Å². The molecule has 1 heteroatoms. The Bertz CT molecular complexity index is 2850. The molecule has 49 heavy (non-hydrogen) atoms. The van der Waals surface area contributed by atoms with Gasteiger partial charge in [0.1, 0.15) is 11.2 Å². The summed E-state index contributed by atoms with van der Waals surface area (Å²) in [6.07, 6.45) is 0. The molecule has 1 nitrogen and oxygen atoms in total. The molecule has 0 saturated carbocycles. The summed E-state index contributed by atoms with van der Waals surface area (Å²) in [5.74, 6) is 0. The van der Waals surface area contributed by atoms with Crippen molar-refractivity contribution in [2.45, 2.75) is 0 Å². The third-order valence-electron chi connectivity index (χ3n) is 10.1. The Kier molecular flexibility index (Phi) is 6.25. The molecule has 0 aliphatic heterocycles. The van der Waals surface area contributed by atoms with Crippen LogP contribution in [0.1, 0.15) is 0 Å². The monoisotopic (exact) mass is 622 g/mol. The molecular formula is C48H30O. The molecule has 0 radical (unpaired) electrons. The van der Waals surface area contributed by atoms with Crippen LogP contribution < -0.4 is 0 Å². The van der Waals surface area contributed by atoms with E-state index >= 15 is 0 Å². The molecular weight excluding hydrogens is 593 g/mol. The Morgan fingerprint density at radius 2 is 0.776 bits per heavy atom. The second-order valence-electron chi connectivity index (χ2n) is 12.8. The summed E-state index contributed by atoms with van der Waals surface area (Å²) in [4.78, 5) is 0. The maximum atomic E-state index is 6.17. The summed E-state index contributed by atoms with van der Waals surface area (Å²) in [7, 11) is 0. The fraction of sp³-hybridized carbons (Fsp3) is 0.